The van der Waals surface area contributed by atoms with Gasteiger partial charge in [-0.15, -0.1) is 0 Å². The molecule has 3 aromatic rings. The van der Waals surface area contributed by atoms with E-state index in [0.29, 0.717) is 66.6 Å². The average molecular weight is 615 g/mol. The first-order chi connectivity index (χ1) is 20.5. The molecule has 11 nitrogen and oxygen atoms in total. The lowest BCUT2D eigenvalue weighted by molar-refractivity contribution is -0.137. The molecule has 1 saturated heterocycles. The SMILES string of the molecule is CN(C)C/C=C/C(=O)Nc1cc2c(N(c3ccc(F)c(Cl)c3)C(CC(=O)O)CN(C)C)ncnc2cc1OC1CCOC1. The number of amides is 1. The van der Waals surface area contributed by atoms with Crippen molar-refractivity contribution >= 4 is 51.6 Å². The number of ether oxygens (including phenoxy) is 2. The Labute approximate surface area is 254 Å². The summed E-state index contributed by atoms with van der Waals surface area (Å²) in [7, 11) is 7.46. The molecule has 0 aliphatic carbocycles. The van der Waals surface area contributed by atoms with E-state index in [1.54, 1.807) is 23.1 Å². The van der Waals surface area contributed by atoms with Crippen LogP contribution in [0.15, 0.2) is 48.8 Å². The molecule has 1 aliphatic rings. The Morgan fingerprint density at radius 3 is 2.65 bits per heavy atom. The maximum absolute atomic E-state index is 14.2. The number of carboxylic acid groups (broad SMARTS) is 1. The van der Waals surface area contributed by atoms with Crippen LogP contribution in [0.3, 0.4) is 0 Å². The minimum Gasteiger partial charge on any atom is -0.486 e. The number of carbonyl (C=O) groups excluding carboxylic acids is 1. The molecule has 1 aliphatic heterocycles. The van der Waals surface area contributed by atoms with Gasteiger partial charge in [-0.2, -0.15) is 0 Å². The zero-order valence-electron chi connectivity index (χ0n) is 24.6. The Kier molecular flexibility index (Phi) is 10.9. The zero-order valence-corrected chi connectivity index (χ0v) is 25.3. The number of aromatic nitrogens is 2. The van der Waals surface area contributed by atoms with Crippen LogP contribution >= 0.6 is 11.6 Å². The number of nitrogens with one attached hydrogen (secondary N) is 1. The highest BCUT2D eigenvalue weighted by Gasteiger charge is 2.28. The van der Waals surface area contributed by atoms with E-state index in [1.165, 1.54) is 30.6 Å². The minimum atomic E-state index is -1.02. The zero-order chi connectivity index (χ0) is 31.1. The van der Waals surface area contributed by atoms with Crippen LogP contribution in [0, 0.1) is 5.82 Å². The molecule has 0 radical (unpaired) electrons. The molecule has 2 N–H and O–H groups in total. The maximum atomic E-state index is 14.2. The fourth-order valence-electron chi connectivity index (χ4n) is 4.79. The van der Waals surface area contributed by atoms with Crippen molar-refractivity contribution in [1.29, 1.82) is 0 Å². The highest BCUT2D eigenvalue weighted by Crippen LogP contribution is 2.39. The van der Waals surface area contributed by atoms with Crippen LogP contribution in [0.25, 0.3) is 10.9 Å². The first-order valence-corrected chi connectivity index (χ1v) is 14.2. The van der Waals surface area contributed by atoms with Crippen LogP contribution < -0.4 is 15.0 Å². The lowest BCUT2D eigenvalue weighted by atomic mass is 10.1. The summed E-state index contributed by atoms with van der Waals surface area (Å²) >= 11 is 6.18. The average Bonchev–Trinajstić information content (AvgIpc) is 3.43. The van der Waals surface area contributed by atoms with Gasteiger partial charge in [-0.05, 0) is 52.5 Å². The van der Waals surface area contributed by atoms with Crippen molar-refractivity contribution in [2.45, 2.75) is 25.0 Å². The molecule has 0 bridgehead atoms. The Morgan fingerprint density at radius 2 is 2.00 bits per heavy atom. The van der Waals surface area contributed by atoms with Gasteiger partial charge in [0.05, 0.1) is 41.9 Å². The standard InChI is InChI=1S/C30H36ClFN6O5/c1-36(2)10-5-6-28(39)35-26-14-22-25(15-27(26)43-21-9-11-42-17-21)33-18-34-30(22)38(19-7-8-24(32)23(31)12-19)20(13-29(40)41)16-37(3)4/h5-8,12,14-15,18,20-21H,9-11,13,16-17H2,1-4H3,(H,35,39)(H,40,41)/b6-5+. The van der Waals surface area contributed by atoms with Gasteiger partial charge in [0.15, 0.2) is 0 Å². The number of halogens is 2. The number of carboxylic acids is 1. The van der Waals surface area contributed by atoms with Crippen molar-refractivity contribution in [2.75, 3.05) is 64.7 Å². The third-order valence-electron chi connectivity index (χ3n) is 6.66. The highest BCUT2D eigenvalue weighted by atomic mass is 35.5. The molecule has 0 saturated carbocycles. The summed E-state index contributed by atoms with van der Waals surface area (Å²) in [6, 6.07) is 6.97. The van der Waals surface area contributed by atoms with Gasteiger partial charge in [0.25, 0.3) is 0 Å². The number of rotatable bonds is 13. The number of hydrogen-bond donors (Lipinski definition) is 2. The summed E-state index contributed by atoms with van der Waals surface area (Å²) in [4.78, 5) is 39.5. The first-order valence-electron chi connectivity index (χ1n) is 13.8. The third-order valence-corrected chi connectivity index (χ3v) is 6.95. The van der Waals surface area contributed by atoms with Crippen LogP contribution in [-0.4, -0.2) is 103 Å². The summed E-state index contributed by atoms with van der Waals surface area (Å²) < 4.78 is 25.9. The lowest BCUT2D eigenvalue weighted by Gasteiger charge is -2.34. The van der Waals surface area contributed by atoms with Crippen LogP contribution in [0.4, 0.5) is 21.6 Å². The van der Waals surface area contributed by atoms with Crippen LogP contribution in [-0.2, 0) is 14.3 Å². The minimum absolute atomic E-state index is 0.119. The number of aliphatic carboxylic acids is 1. The van der Waals surface area contributed by atoms with Gasteiger partial charge in [-0.25, -0.2) is 14.4 Å². The molecule has 2 heterocycles. The van der Waals surface area contributed by atoms with E-state index in [2.05, 4.69) is 15.3 Å². The molecule has 230 valence electrons. The molecular formula is C30H36ClFN6O5. The van der Waals surface area contributed by atoms with Crippen molar-refractivity contribution < 1.29 is 28.6 Å². The normalized spacial score (nSPS) is 15.9. The molecule has 4 rings (SSSR count). The molecule has 43 heavy (non-hydrogen) atoms. The van der Waals surface area contributed by atoms with Gasteiger partial charge in [-0.3, -0.25) is 9.59 Å². The Balaban J connectivity index is 1.88. The summed E-state index contributed by atoms with van der Waals surface area (Å²) in [5.41, 5.74) is 1.33. The quantitative estimate of drug-likeness (QED) is 0.271. The number of benzene rings is 2. The second-order valence-corrected chi connectivity index (χ2v) is 11.2. The van der Waals surface area contributed by atoms with Crippen molar-refractivity contribution in [3.63, 3.8) is 0 Å². The number of carbonyl (C=O) groups is 2. The van der Waals surface area contributed by atoms with Crippen molar-refractivity contribution in [2.24, 2.45) is 0 Å². The van der Waals surface area contributed by atoms with Gasteiger partial charge in [0.2, 0.25) is 5.91 Å². The van der Waals surface area contributed by atoms with Gasteiger partial charge < -0.3 is 34.6 Å². The van der Waals surface area contributed by atoms with Crippen LogP contribution in [0.1, 0.15) is 12.8 Å². The summed E-state index contributed by atoms with van der Waals surface area (Å²) in [6.07, 6.45) is 4.81. The molecule has 1 fully saturated rings. The summed E-state index contributed by atoms with van der Waals surface area (Å²) in [5, 5.41) is 13.1. The smallest absolute Gasteiger partial charge is 0.305 e. The van der Waals surface area contributed by atoms with Crippen molar-refractivity contribution in [3.05, 3.63) is 59.7 Å². The summed E-state index contributed by atoms with van der Waals surface area (Å²) in [5.74, 6) is -1.21. The highest BCUT2D eigenvalue weighted by molar-refractivity contribution is 6.31. The second kappa shape index (κ2) is 14.6. The Hall–Kier alpha value is -3.84. The maximum Gasteiger partial charge on any atom is 0.305 e. The predicted molar refractivity (Wildman–Crippen MR) is 164 cm³/mol. The van der Waals surface area contributed by atoms with E-state index in [-0.39, 0.29) is 23.5 Å². The molecule has 13 heteroatoms. The van der Waals surface area contributed by atoms with Crippen molar-refractivity contribution in [3.8, 4) is 5.75 Å². The van der Waals surface area contributed by atoms with Gasteiger partial charge in [0.1, 0.15) is 29.8 Å². The number of fused-ring (bicyclic) bond motifs is 1. The van der Waals surface area contributed by atoms with Gasteiger partial charge in [-0.1, -0.05) is 17.7 Å². The summed E-state index contributed by atoms with van der Waals surface area (Å²) in [6.45, 7) is 1.91. The van der Waals surface area contributed by atoms with E-state index in [1.807, 2.05) is 38.0 Å². The fourth-order valence-corrected chi connectivity index (χ4v) is 4.96. The monoisotopic (exact) mass is 614 g/mol. The molecule has 2 atom stereocenters. The van der Waals surface area contributed by atoms with Gasteiger partial charge >= 0.3 is 5.97 Å². The van der Waals surface area contributed by atoms with Gasteiger partial charge in [0, 0.05) is 42.7 Å². The van der Waals surface area contributed by atoms with E-state index in [9.17, 15) is 19.1 Å². The Morgan fingerprint density at radius 1 is 1.21 bits per heavy atom. The van der Waals surface area contributed by atoms with Crippen LogP contribution in [0.2, 0.25) is 5.02 Å². The van der Waals surface area contributed by atoms with E-state index >= 15 is 0 Å². The first kappa shape index (κ1) is 32.1. The topological polar surface area (TPSA) is 120 Å². The van der Waals surface area contributed by atoms with E-state index in [4.69, 9.17) is 21.1 Å². The largest absolute Gasteiger partial charge is 0.486 e. The van der Waals surface area contributed by atoms with Crippen molar-refractivity contribution in [1.82, 2.24) is 19.8 Å². The number of anilines is 3. The lowest BCUT2D eigenvalue weighted by Crippen LogP contribution is -2.41. The number of nitrogens with zero attached hydrogens (tertiary/aromatic N) is 5. The number of hydrogen-bond acceptors (Lipinski definition) is 9. The second-order valence-electron chi connectivity index (χ2n) is 10.8. The predicted octanol–water partition coefficient (Wildman–Crippen LogP) is 4.19. The molecule has 1 aromatic heterocycles. The van der Waals surface area contributed by atoms with Crippen LogP contribution in [0.5, 0.6) is 5.75 Å². The third kappa shape index (κ3) is 8.60. The van der Waals surface area contributed by atoms with E-state index in [0.717, 1.165) is 0 Å². The Bertz CT molecular complexity index is 1480. The van der Waals surface area contributed by atoms with E-state index < -0.39 is 17.8 Å². The fraction of sp³-hybridized carbons (Fsp3) is 0.400. The molecule has 2 unspecified atom stereocenters. The molecular weight excluding hydrogens is 579 g/mol. The number of likely N-dealkylation sites (N-methyl/N-ethyl adjacent to an activating group) is 2. The molecule has 1 amide bonds. The molecule has 0 spiro atoms. The molecule has 2 aromatic carbocycles.